The number of nitrogens with one attached hydrogen (secondary N) is 2. The van der Waals surface area contributed by atoms with Crippen molar-refractivity contribution in [2.24, 2.45) is 0 Å². The van der Waals surface area contributed by atoms with Gasteiger partial charge < -0.3 is 20.3 Å². The lowest BCUT2D eigenvalue weighted by atomic mass is 10.3. The molecule has 2 rings (SSSR count). The van der Waals surface area contributed by atoms with Gasteiger partial charge >= 0.3 is 0 Å². The first-order valence-corrected chi connectivity index (χ1v) is 6.76. The molecule has 1 unspecified atom stereocenters. The molecule has 2 fully saturated rings. The van der Waals surface area contributed by atoms with Crippen LogP contribution in [0.15, 0.2) is 0 Å². The Hall–Kier alpha value is -0.690. The average Bonchev–Trinajstić information content (AvgIpc) is 2.42. The maximum atomic E-state index is 11.8. The Morgan fingerprint density at radius 1 is 1.39 bits per heavy atom. The Kier molecular flexibility index (Phi) is 5.37. The lowest BCUT2D eigenvalue weighted by Gasteiger charge is -2.32. The molecule has 0 aromatic carbocycles. The Morgan fingerprint density at radius 3 is 2.83 bits per heavy atom. The largest absolute Gasteiger partial charge is 0.366 e. The maximum Gasteiger partial charge on any atom is 0.250 e. The highest BCUT2D eigenvalue weighted by Crippen LogP contribution is 1.98. The molecule has 2 saturated heterocycles. The van der Waals surface area contributed by atoms with E-state index >= 15 is 0 Å². The topological polar surface area (TPSA) is 56.8 Å². The first kappa shape index (κ1) is 13.7. The van der Waals surface area contributed by atoms with Gasteiger partial charge in [-0.3, -0.25) is 9.69 Å². The van der Waals surface area contributed by atoms with Gasteiger partial charge in [-0.05, 0) is 7.05 Å². The fraction of sp³-hybridized carbons (Fsp3) is 0.917. The zero-order valence-electron chi connectivity index (χ0n) is 11.2. The lowest BCUT2D eigenvalue weighted by Crippen LogP contribution is -2.50. The van der Waals surface area contributed by atoms with Gasteiger partial charge in [-0.2, -0.15) is 0 Å². The number of ether oxygens (including phenoxy) is 1. The molecule has 104 valence electrons. The van der Waals surface area contributed by atoms with Crippen molar-refractivity contribution in [1.82, 2.24) is 20.4 Å². The molecular weight excluding hydrogens is 232 g/mol. The highest BCUT2D eigenvalue weighted by Gasteiger charge is 2.21. The van der Waals surface area contributed by atoms with Crippen molar-refractivity contribution >= 4 is 5.91 Å². The lowest BCUT2D eigenvalue weighted by molar-refractivity contribution is -0.134. The second kappa shape index (κ2) is 7.04. The molecule has 18 heavy (non-hydrogen) atoms. The zero-order valence-corrected chi connectivity index (χ0v) is 11.2. The molecule has 2 aliphatic rings. The molecule has 1 amide bonds. The second-order valence-corrected chi connectivity index (χ2v) is 5.00. The number of nitrogens with zero attached hydrogens (tertiary/aromatic N) is 2. The molecule has 0 spiro atoms. The fourth-order valence-corrected chi connectivity index (χ4v) is 2.26. The second-order valence-electron chi connectivity index (χ2n) is 5.00. The third-order valence-electron chi connectivity index (χ3n) is 3.54. The van der Waals surface area contributed by atoms with Gasteiger partial charge in [-0.15, -0.1) is 0 Å². The molecule has 0 bridgehead atoms. The van der Waals surface area contributed by atoms with Gasteiger partial charge in [0.25, 0.3) is 5.91 Å². The van der Waals surface area contributed by atoms with Crippen molar-refractivity contribution in [1.29, 1.82) is 0 Å². The van der Waals surface area contributed by atoms with E-state index in [4.69, 9.17) is 4.74 Å². The van der Waals surface area contributed by atoms with Crippen molar-refractivity contribution in [2.75, 3.05) is 66.0 Å². The maximum absolute atomic E-state index is 11.8. The minimum atomic E-state index is -0.314. The number of carbonyl (C=O) groups excluding carboxylic acids is 1. The first-order valence-electron chi connectivity index (χ1n) is 6.76. The van der Waals surface area contributed by atoms with E-state index in [1.807, 2.05) is 0 Å². The molecule has 0 radical (unpaired) electrons. The normalized spacial score (nSPS) is 27.1. The van der Waals surface area contributed by atoms with Crippen LogP contribution >= 0.6 is 0 Å². The number of likely N-dealkylation sites (N-methyl/N-ethyl adjacent to an activating group) is 1. The predicted octanol–water partition coefficient (Wildman–Crippen LogP) is -1.66. The first-order chi connectivity index (χ1) is 8.75. The van der Waals surface area contributed by atoms with E-state index in [0.717, 1.165) is 39.3 Å². The van der Waals surface area contributed by atoms with Gasteiger partial charge in [-0.25, -0.2) is 0 Å². The van der Waals surface area contributed by atoms with Crippen LogP contribution in [0.25, 0.3) is 0 Å². The quantitative estimate of drug-likeness (QED) is 0.630. The van der Waals surface area contributed by atoms with E-state index in [1.165, 1.54) is 0 Å². The molecule has 0 aliphatic carbocycles. The number of morpholine rings is 1. The standard InChI is InChI=1S/C12H24N4O2/c1-15-5-7-16(8-6-15)4-2-14-12(17)11-10-13-3-9-18-11/h11,13H,2-10H2,1H3,(H,14,17). The molecule has 6 heteroatoms. The minimum absolute atomic E-state index is 0.0105. The summed E-state index contributed by atoms with van der Waals surface area (Å²) >= 11 is 0. The van der Waals surface area contributed by atoms with Crippen molar-refractivity contribution in [3.05, 3.63) is 0 Å². The Bertz CT molecular complexity index is 261. The molecule has 2 heterocycles. The summed E-state index contributed by atoms with van der Waals surface area (Å²) in [6.07, 6.45) is -0.314. The summed E-state index contributed by atoms with van der Waals surface area (Å²) in [5.41, 5.74) is 0. The van der Waals surface area contributed by atoms with Gasteiger partial charge in [0.1, 0.15) is 6.10 Å². The van der Waals surface area contributed by atoms with Crippen LogP contribution in [0.4, 0.5) is 0 Å². The number of rotatable bonds is 4. The predicted molar refractivity (Wildman–Crippen MR) is 69.6 cm³/mol. The zero-order chi connectivity index (χ0) is 12.8. The summed E-state index contributed by atoms with van der Waals surface area (Å²) in [4.78, 5) is 16.5. The van der Waals surface area contributed by atoms with Crippen LogP contribution in [0.2, 0.25) is 0 Å². The Labute approximate surface area is 109 Å². The van der Waals surface area contributed by atoms with Crippen LogP contribution in [0, 0.1) is 0 Å². The molecule has 1 atom stereocenters. The monoisotopic (exact) mass is 256 g/mol. The molecular formula is C12H24N4O2. The molecule has 2 aliphatic heterocycles. The third kappa shape index (κ3) is 4.20. The summed E-state index contributed by atoms with van der Waals surface area (Å²) in [6, 6.07) is 0. The molecule has 0 aromatic heterocycles. The van der Waals surface area contributed by atoms with Crippen LogP contribution in [-0.2, 0) is 9.53 Å². The number of carbonyl (C=O) groups is 1. The Morgan fingerprint density at radius 2 is 2.17 bits per heavy atom. The van der Waals surface area contributed by atoms with E-state index in [2.05, 4.69) is 27.5 Å². The molecule has 6 nitrogen and oxygen atoms in total. The molecule has 0 aromatic rings. The summed E-state index contributed by atoms with van der Waals surface area (Å²) in [5.74, 6) is 0.0105. The van der Waals surface area contributed by atoms with Crippen molar-refractivity contribution in [3.8, 4) is 0 Å². The van der Waals surface area contributed by atoms with Gasteiger partial charge in [-0.1, -0.05) is 0 Å². The van der Waals surface area contributed by atoms with Crippen LogP contribution < -0.4 is 10.6 Å². The van der Waals surface area contributed by atoms with Gasteiger partial charge in [0.2, 0.25) is 0 Å². The summed E-state index contributed by atoms with van der Waals surface area (Å²) in [7, 11) is 2.15. The van der Waals surface area contributed by atoms with Crippen molar-refractivity contribution in [3.63, 3.8) is 0 Å². The summed E-state index contributed by atoms with van der Waals surface area (Å²) < 4.78 is 5.40. The van der Waals surface area contributed by atoms with Crippen LogP contribution in [-0.4, -0.2) is 87.8 Å². The number of piperazine rings is 1. The summed E-state index contributed by atoms with van der Waals surface area (Å²) in [5, 5.41) is 6.11. The third-order valence-corrected chi connectivity index (χ3v) is 3.54. The SMILES string of the molecule is CN1CCN(CCNC(=O)C2CNCCO2)CC1. The van der Waals surface area contributed by atoms with E-state index in [1.54, 1.807) is 0 Å². The number of amides is 1. The van der Waals surface area contributed by atoms with Gasteiger partial charge in [0.15, 0.2) is 0 Å². The van der Waals surface area contributed by atoms with E-state index < -0.39 is 0 Å². The average molecular weight is 256 g/mol. The molecule has 2 N–H and O–H groups in total. The van der Waals surface area contributed by atoms with Crippen LogP contribution in [0.3, 0.4) is 0 Å². The van der Waals surface area contributed by atoms with E-state index in [0.29, 0.717) is 19.7 Å². The van der Waals surface area contributed by atoms with Gasteiger partial charge in [0.05, 0.1) is 6.61 Å². The van der Waals surface area contributed by atoms with E-state index in [-0.39, 0.29) is 12.0 Å². The van der Waals surface area contributed by atoms with Crippen LogP contribution in [0.1, 0.15) is 0 Å². The van der Waals surface area contributed by atoms with Crippen molar-refractivity contribution < 1.29 is 9.53 Å². The molecule has 0 saturated carbocycles. The summed E-state index contributed by atoms with van der Waals surface area (Å²) in [6.45, 7) is 8.14. The smallest absolute Gasteiger partial charge is 0.250 e. The fourth-order valence-electron chi connectivity index (χ4n) is 2.26. The Balaban J connectivity index is 1.58. The highest BCUT2D eigenvalue weighted by molar-refractivity contribution is 5.81. The van der Waals surface area contributed by atoms with Gasteiger partial charge in [0, 0.05) is 52.4 Å². The number of hydrogen-bond acceptors (Lipinski definition) is 5. The van der Waals surface area contributed by atoms with Crippen molar-refractivity contribution in [2.45, 2.75) is 6.10 Å². The number of hydrogen-bond donors (Lipinski definition) is 2. The minimum Gasteiger partial charge on any atom is -0.366 e. The van der Waals surface area contributed by atoms with Crippen LogP contribution in [0.5, 0.6) is 0 Å². The highest BCUT2D eigenvalue weighted by atomic mass is 16.5. The van der Waals surface area contributed by atoms with E-state index in [9.17, 15) is 4.79 Å².